The number of nitrogens with one attached hydrogen (secondary N) is 1. The molecule has 16 heavy (non-hydrogen) atoms. The van der Waals surface area contributed by atoms with Crippen molar-refractivity contribution < 1.29 is 9.90 Å². The van der Waals surface area contributed by atoms with Gasteiger partial charge in [0, 0.05) is 19.6 Å². The van der Waals surface area contributed by atoms with Crippen LogP contribution in [-0.4, -0.2) is 42.3 Å². The Bertz CT molecular complexity index is 231. The maximum atomic E-state index is 11.7. The largest absolute Gasteiger partial charge is 0.395 e. The minimum Gasteiger partial charge on any atom is -0.395 e. The highest BCUT2D eigenvalue weighted by atomic mass is 16.3. The van der Waals surface area contributed by atoms with Gasteiger partial charge in [0.1, 0.15) is 0 Å². The van der Waals surface area contributed by atoms with Gasteiger partial charge in [-0.2, -0.15) is 0 Å². The molecule has 94 valence electrons. The topological polar surface area (TPSA) is 52.6 Å². The average Bonchev–Trinajstić information content (AvgIpc) is 2.21. The molecule has 0 unspecified atom stereocenters. The standard InChI is InChI=1S/C12H24N2O2/c1-12(2)6-4-10(5-7-12)13-11(16)14(3)8-9-15/h10,15H,4-9H2,1-3H3,(H,13,16). The lowest BCUT2D eigenvalue weighted by Crippen LogP contribution is -2.45. The predicted octanol–water partition coefficient (Wildman–Crippen LogP) is 1.59. The summed E-state index contributed by atoms with van der Waals surface area (Å²) in [5.74, 6) is 0. The number of nitrogens with zero attached hydrogens (tertiary/aromatic N) is 1. The normalized spacial score (nSPS) is 20.5. The number of aliphatic hydroxyl groups is 1. The van der Waals surface area contributed by atoms with Gasteiger partial charge in [-0.15, -0.1) is 0 Å². The molecular formula is C12H24N2O2. The summed E-state index contributed by atoms with van der Waals surface area (Å²) in [6, 6.07) is 0.237. The highest BCUT2D eigenvalue weighted by Gasteiger charge is 2.27. The van der Waals surface area contributed by atoms with Gasteiger partial charge in [-0.1, -0.05) is 13.8 Å². The molecule has 0 aliphatic heterocycles. The summed E-state index contributed by atoms with van der Waals surface area (Å²) < 4.78 is 0. The van der Waals surface area contributed by atoms with Crippen LogP contribution in [0.15, 0.2) is 0 Å². The van der Waals surface area contributed by atoms with Crippen molar-refractivity contribution in [3.05, 3.63) is 0 Å². The smallest absolute Gasteiger partial charge is 0.317 e. The molecule has 1 fully saturated rings. The summed E-state index contributed by atoms with van der Waals surface area (Å²) in [6.45, 7) is 4.97. The molecule has 2 N–H and O–H groups in total. The van der Waals surface area contributed by atoms with Gasteiger partial charge in [-0.05, 0) is 31.1 Å². The van der Waals surface area contributed by atoms with Crippen LogP contribution in [0.4, 0.5) is 4.79 Å². The number of amides is 2. The van der Waals surface area contributed by atoms with E-state index in [-0.39, 0.29) is 12.6 Å². The summed E-state index contributed by atoms with van der Waals surface area (Å²) in [4.78, 5) is 13.2. The fourth-order valence-corrected chi connectivity index (χ4v) is 2.08. The molecule has 0 heterocycles. The number of aliphatic hydroxyl groups excluding tert-OH is 1. The Morgan fingerprint density at radius 3 is 2.50 bits per heavy atom. The van der Waals surface area contributed by atoms with Crippen LogP contribution in [0.2, 0.25) is 0 Å². The van der Waals surface area contributed by atoms with Gasteiger partial charge in [0.15, 0.2) is 0 Å². The summed E-state index contributed by atoms with van der Waals surface area (Å²) in [7, 11) is 1.71. The molecule has 1 rings (SSSR count). The first-order chi connectivity index (χ1) is 7.44. The molecule has 0 radical (unpaired) electrons. The van der Waals surface area contributed by atoms with Crippen molar-refractivity contribution >= 4 is 6.03 Å². The maximum absolute atomic E-state index is 11.7. The quantitative estimate of drug-likeness (QED) is 0.770. The Morgan fingerprint density at radius 2 is 2.00 bits per heavy atom. The summed E-state index contributed by atoms with van der Waals surface area (Å²) in [5.41, 5.74) is 0.429. The van der Waals surface area contributed by atoms with Gasteiger partial charge in [-0.25, -0.2) is 4.79 Å². The van der Waals surface area contributed by atoms with E-state index < -0.39 is 0 Å². The van der Waals surface area contributed by atoms with E-state index in [1.165, 1.54) is 17.7 Å². The average molecular weight is 228 g/mol. The number of rotatable bonds is 3. The molecule has 0 saturated heterocycles. The molecule has 0 aromatic carbocycles. The minimum absolute atomic E-state index is 0.0155. The van der Waals surface area contributed by atoms with Crippen LogP contribution in [0.5, 0.6) is 0 Å². The maximum Gasteiger partial charge on any atom is 0.317 e. The van der Waals surface area contributed by atoms with Gasteiger partial charge in [-0.3, -0.25) is 0 Å². The molecule has 1 aliphatic rings. The molecule has 0 aromatic heterocycles. The van der Waals surface area contributed by atoms with E-state index in [1.807, 2.05) is 0 Å². The van der Waals surface area contributed by atoms with E-state index in [2.05, 4.69) is 19.2 Å². The van der Waals surface area contributed by atoms with Gasteiger partial charge in [0.2, 0.25) is 0 Å². The minimum atomic E-state index is -0.0706. The number of hydrogen-bond acceptors (Lipinski definition) is 2. The van der Waals surface area contributed by atoms with Crippen LogP contribution in [0.25, 0.3) is 0 Å². The number of hydrogen-bond donors (Lipinski definition) is 2. The lowest BCUT2D eigenvalue weighted by Gasteiger charge is -2.35. The highest BCUT2D eigenvalue weighted by Crippen LogP contribution is 2.34. The van der Waals surface area contributed by atoms with Gasteiger partial charge in [0.25, 0.3) is 0 Å². The van der Waals surface area contributed by atoms with Crippen LogP contribution in [0, 0.1) is 5.41 Å². The summed E-state index contributed by atoms with van der Waals surface area (Å²) in [6.07, 6.45) is 4.46. The summed E-state index contributed by atoms with van der Waals surface area (Å²) >= 11 is 0. The third-order valence-electron chi connectivity index (χ3n) is 3.45. The van der Waals surface area contributed by atoms with E-state index in [1.54, 1.807) is 7.05 Å². The van der Waals surface area contributed by atoms with Crippen LogP contribution in [0.3, 0.4) is 0 Å². The number of carbonyl (C=O) groups excluding carboxylic acids is 1. The zero-order chi connectivity index (χ0) is 12.2. The van der Waals surface area contributed by atoms with Crippen molar-refractivity contribution in [3.63, 3.8) is 0 Å². The third kappa shape index (κ3) is 4.00. The third-order valence-corrected chi connectivity index (χ3v) is 3.45. The molecule has 1 aliphatic carbocycles. The van der Waals surface area contributed by atoms with Crippen molar-refractivity contribution in [1.82, 2.24) is 10.2 Å². The lowest BCUT2D eigenvalue weighted by atomic mass is 9.76. The Hall–Kier alpha value is -0.770. The number of carbonyl (C=O) groups is 1. The van der Waals surface area contributed by atoms with E-state index in [4.69, 9.17) is 5.11 Å². The molecule has 4 heteroatoms. The lowest BCUT2D eigenvalue weighted by molar-refractivity contribution is 0.170. The highest BCUT2D eigenvalue weighted by molar-refractivity contribution is 5.74. The second-order valence-corrected chi connectivity index (χ2v) is 5.53. The number of urea groups is 1. The van der Waals surface area contributed by atoms with E-state index in [0.717, 1.165) is 12.8 Å². The molecule has 2 amide bonds. The zero-order valence-electron chi connectivity index (χ0n) is 10.6. The Morgan fingerprint density at radius 1 is 1.44 bits per heavy atom. The van der Waals surface area contributed by atoms with E-state index >= 15 is 0 Å². The molecule has 0 aromatic rings. The molecule has 0 atom stereocenters. The first-order valence-electron chi connectivity index (χ1n) is 6.07. The first-order valence-corrected chi connectivity index (χ1v) is 6.07. The van der Waals surface area contributed by atoms with Crippen LogP contribution in [-0.2, 0) is 0 Å². The second-order valence-electron chi connectivity index (χ2n) is 5.53. The Labute approximate surface area is 98.0 Å². The van der Waals surface area contributed by atoms with Crippen molar-refractivity contribution in [2.75, 3.05) is 20.2 Å². The molecular weight excluding hydrogens is 204 g/mol. The molecule has 0 bridgehead atoms. The second kappa shape index (κ2) is 5.53. The van der Waals surface area contributed by atoms with Crippen LogP contribution < -0.4 is 5.32 Å². The van der Waals surface area contributed by atoms with Crippen molar-refractivity contribution in [3.8, 4) is 0 Å². The Balaban J connectivity index is 2.31. The molecule has 4 nitrogen and oxygen atoms in total. The summed E-state index contributed by atoms with van der Waals surface area (Å²) in [5, 5.41) is 11.8. The SMILES string of the molecule is CN(CCO)C(=O)NC1CCC(C)(C)CC1. The molecule has 0 spiro atoms. The van der Waals surface area contributed by atoms with E-state index in [9.17, 15) is 4.79 Å². The zero-order valence-corrected chi connectivity index (χ0v) is 10.6. The van der Waals surface area contributed by atoms with Crippen molar-refractivity contribution in [2.45, 2.75) is 45.6 Å². The first kappa shape index (κ1) is 13.3. The fourth-order valence-electron chi connectivity index (χ4n) is 2.08. The van der Waals surface area contributed by atoms with Crippen LogP contribution in [0.1, 0.15) is 39.5 Å². The van der Waals surface area contributed by atoms with Crippen molar-refractivity contribution in [2.24, 2.45) is 5.41 Å². The Kier molecular flexibility index (Phi) is 4.59. The monoisotopic (exact) mass is 228 g/mol. The van der Waals surface area contributed by atoms with Gasteiger partial charge < -0.3 is 15.3 Å². The fraction of sp³-hybridized carbons (Fsp3) is 0.917. The van der Waals surface area contributed by atoms with Crippen LogP contribution >= 0.6 is 0 Å². The predicted molar refractivity (Wildman–Crippen MR) is 64.3 cm³/mol. The van der Waals surface area contributed by atoms with E-state index in [0.29, 0.717) is 18.0 Å². The molecule has 1 saturated carbocycles. The number of likely N-dealkylation sites (N-methyl/N-ethyl adjacent to an activating group) is 1. The van der Waals surface area contributed by atoms with Gasteiger partial charge in [0.05, 0.1) is 6.61 Å². The van der Waals surface area contributed by atoms with Crippen molar-refractivity contribution in [1.29, 1.82) is 0 Å². The van der Waals surface area contributed by atoms with Gasteiger partial charge >= 0.3 is 6.03 Å².